The van der Waals surface area contributed by atoms with Gasteiger partial charge in [-0.3, -0.25) is 0 Å². The third kappa shape index (κ3) is 2.93. The molecule has 1 aromatic heterocycles. The Labute approximate surface area is 130 Å². The van der Waals surface area contributed by atoms with E-state index in [1.54, 1.807) is 0 Å². The minimum atomic E-state index is -4.50. The fourth-order valence-corrected chi connectivity index (χ4v) is 2.52. The van der Waals surface area contributed by atoms with E-state index < -0.39 is 17.7 Å². The van der Waals surface area contributed by atoms with Crippen LogP contribution in [0.4, 0.5) is 13.2 Å². The van der Waals surface area contributed by atoms with Gasteiger partial charge in [0.15, 0.2) is 0 Å². The molecule has 0 amide bonds. The molecule has 20 heavy (non-hydrogen) atoms. The lowest BCUT2D eigenvalue weighted by molar-refractivity contribution is -0.137. The van der Waals surface area contributed by atoms with Crippen molar-refractivity contribution in [3.05, 3.63) is 50.3 Å². The zero-order valence-electron chi connectivity index (χ0n) is 9.58. The molecule has 2 rings (SSSR count). The monoisotopic (exact) mass is 415 g/mol. The van der Waals surface area contributed by atoms with Gasteiger partial charge in [-0.1, -0.05) is 11.6 Å². The Hall–Kier alpha value is -1.22. The molecule has 0 aliphatic carbocycles. The van der Waals surface area contributed by atoms with E-state index in [-0.39, 0.29) is 16.4 Å². The Bertz CT molecular complexity index is 682. The van der Waals surface area contributed by atoms with Crippen LogP contribution in [0.2, 0.25) is 5.02 Å². The summed E-state index contributed by atoms with van der Waals surface area (Å²) < 4.78 is 39.5. The van der Waals surface area contributed by atoms with Crippen LogP contribution in [0.25, 0.3) is 5.69 Å². The Morgan fingerprint density at radius 2 is 1.95 bits per heavy atom. The number of hydrogen-bond donors (Lipinski definition) is 1. The van der Waals surface area contributed by atoms with E-state index in [2.05, 4.69) is 0 Å². The van der Waals surface area contributed by atoms with E-state index in [1.165, 1.54) is 16.8 Å². The standard InChI is InChI=1S/C12H6ClF3INO2/c13-8-3-6(12(14,15)16)1-2-9(8)18-5-7(17)4-10(18)11(19)20/h1-5H,(H,19,20). The zero-order valence-corrected chi connectivity index (χ0v) is 12.5. The van der Waals surface area contributed by atoms with Crippen molar-refractivity contribution < 1.29 is 23.1 Å². The van der Waals surface area contributed by atoms with Crippen LogP contribution in [0.3, 0.4) is 0 Å². The van der Waals surface area contributed by atoms with Gasteiger partial charge in [-0.15, -0.1) is 0 Å². The molecular formula is C12H6ClF3INO2. The smallest absolute Gasteiger partial charge is 0.416 e. The Balaban J connectivity index is 2.57. The van der Waals surface area contributed by atoms with E-state index in [4.69, 9.17) is 16.7 Å². The summed E-state index contributed by atoms with van der Waals surface area (Å²) in [4.78, 5) is 11.1. The second kappa shape index (κ2) is 5.28. The predicted octanol–water partition coefficient (Wildman–Crippen LogP) is 4.45. The summed E-state index contributed by atoms with van der Waals surface area (Å²) in [5, 5.41) is 8.90. The van der Waals surface area contributed by atoms with Crippen molar-refractivity contribution >= 4 is 40.2 Å². The van der Waals surface area contributed by atoms with Crippen molar-refractivity contribution in [3.63, 3.8) is 0 Å². The quantitative estimate of drug-likeness (QED) is 0.737. The Morgan fingerprint density at radius 3 is 2.45 bits per heavy atom. The molecule has 0 fully saturated rings. The molecule has 0 spiro atoms. The number of aromatic carboxylic acids is 1. The van der Waals surface area contributed by atoms with Gasteiger partial charge >= 0.3 is 12.1 Å². The SMILES string of the molecule is O=C(O)c1cc(I)cn1-c1ccc(C(F)(F)F)cc1Cl. The molecule has 2 aromatic rings. The summed E-state index contributed by atoms with van der Waals surface area (Å²) in [6.45, 7) is 0. The third-order valence-electron chi connectivity index (χ3n) is 2.54. The van der Waals surface area contributed by atoms with E-state index in [9.17, 15) is 18.0 Å². The number of carbonyl (C=O) groups is 1. The van der Waals surface area contributed by atoms with Gasteiger partial charge in [-0.05, 0) is 46.9 Å². The topological polar surface area (TPSA) is 42.2 Å². The zero-order chi connectivity index (χ0) is 15.1. The molecule has 0 bridgehead atoms. The highest BCUT2D eigenvalue weighted by Crippen LogP contribution is 2.33. The summed E-state index contributed by atoms with van der Waals surface area (Å²) in [6, 6.07) is 4.18. The maximum absolute atomic E-state index is 12.6. The second-order valence-electron chi connectivity index (χ2n) is 3.88. The first kappa shape index (κ1) is 15.2. The van der Waals surface area contributed by atoms with Crippen LogP contribution in [0.1, 0.15) is 16.1 Å². The van der Waals surface area contributed by atoms with Crippen LogP contribution in [0.15, 0.2) is 30.5 Å². The number of benzene rings is 1. The molecule has 0 saturated heterocycles. The molecule has 1 aromatic carbocycles. The van der Waals surface area contributed by atoms with Gasteiger partial charge < -0.3 is 9.67 Å². The highest BCUT2D eigenvalue weighted by Gasteiger charge is 2.31. The maximum Gasteiger partial charge on any atom is 0.416 e. The minimum absolute atomic E-state index is 0.0731. The van der Waals surface area contributed by atoms with Crippen LogP contribution in [-0.2, 0) is 6.18 Å². The Kier molecular flexibility index (Phi) is 4.01. The lowest BCUT2D eigenvalue weighted by atomic mass is 10.2. The molecule has 106 valence electrons. The van der Waals surface area contributed by atoms with Crippen molar-refractivity contribution in [2.45, 2.75) is 6.18 Å². The molecule has 1 heterocycles. The van der Waals surface area contributed by atoms with Gasteiger partial charge in [0.2, 0.25) is 0 Å². The lowest BCUT2D eigenvalue weighted by Gasteiger charge is -2.12. The number of nitrogens with zero attached hydrogens (tertiary/aromatic N) is 1. The number of rotatable bonds is 2. The molecule has 0 aliphatic heterocycles. The van der Waals surface area contributed by atoms with Gasteiger partial charge in [0.05, 0.1) is 16.3 Å². The van der Waals surface area contributed by atoms with Gasteiger partial charge in [0.1, 0.15) is 5.69 Å². The van der Waals surface area contributed by atoms with E-state index in [1.807, 2.05) is 22.6 Å². The highest BCUT2D eigenvalue weighted by atomic mass is 127. The molecule has 0 atom stereocenters. The number of alkyl halides is 3. The molecule has 1 N–H and O–H groups in total. The van der Waals surface area contributed by atoms with Crippen molar-refractivity contribution in [2.24, 2.45) is 0 Å². The second-order valence-corrected chi connectivity index (χ2v) is 5.54. The van der Waals surface area contributed by atoms with E-state index in [0.29, 0.717) is 3.57 Å². The Morgan fingerprint density at radius 1 is 1.30 bits per heavy atom. The fourth-order valence-electron chi connectivity index (χ4n) is 1.67. The molecule has 0 unspecified atom stereocenters. The van der Waals surface area contributed by atoms with Gasteiger partial charge in [-0.25, -0.2) is 4.79 Å². The first-order valence-corrected chi connectivity index (χ1v) is 6.64. The summed E-state index contributed by atoms with van der Waals surface area (Å²) in [6.07, 6.45) is -3.01. The van der Waals surface area contributed by atoms with Crippen LogP contribution in [0, 0.1) is 3.57 Å². The van der Waals surface area contributed by atoms with Gasteiger partial charge in [0.25, 0.3) is 0 Å². The summed E-state index contributed by atoms with van der Waals surface area (Å²) in [7, 11) is 0. The minimum Gasteiger partial charge on any atom is -0.477 e. The van der Waals surface area contributed by atoms with Gasteiger partial charge in [-0.2, -0.15) is 13.2 Å². The van der Waals surface area contributed by atoms with Crippen LogP contribution in [-0.4, -0.2) is 15.6 Å². The molecule has 8 heteroatoms. The summed E-state index contributed by atoms with van der Waals surface area (Å²) in [5.74, 6) is -1.19. The van der Waals surface area contributed by atoms with Crippen molar-refractivity contribution in [2.75, 3.05) is 0 Å². The lowest BCUT2D eigenvalue weighted by Crippen LogP contribution is -2.08. The number of halogens is 5. The van der Waals surface area contributed by atoms with Gasteiger partial charge in [0, 0.05) is 9.77 Å². The average molecular weight is 416 g/mol. The van der Waals surface area contributed by atoms with Crippen LogP contribution in [0.5, 0.6) is 0 Å². The average Bonchev–Trinajstić information content (AvgIpc) is 2.70. The van der Waals surface area contributed by atoms with Crippen molar-refractivity contribution in [3.8, 4) is 5.69 Å². The van der Waals surface area contributed by atoms with Crippen LogP contribution >= 0.6 is 34.2 Å². The largest absolute Gasteiger partial charge is 0.477 e. The fraction of sp³-hybridized carbons (Fsp3) is 0.0833. The number of aromatic nitrogens is 1. The van der Waals surface area contributed by atoms with Crippen molar-refractivity contribution in [1.29, 1.82) is 0 Å². The predicted molar refractivity (Wildman–Crippen MR) is 75.5 cm³/mol. The number of carboxylic acid groups (broad SMARTS) is 1. The highest BCUT2D eigenvalue weighted by molar-refractivity contribution is 14.1. The van der Waals surface area contributed by atoms with E-state index >= 15 is 0 Å². The first-order chi connectivity index (χ1) is 9.20. The van der Waals surface area contributed by atoms with Crippen molar-refractivity contribution in [1.82, 2.24) is 4.57 Å². The molecule has 0 radical (unpaired) electrons. The van der Waals surface area contributed by atoms with Crippen LogP contribution < -0.4 is 0 Å². The summed E-state index contributed by atoms with van der Waals surface area (Å²) >= 11 is 7.75. The molecule has 0 saturated carbocycles. The summed E-state index contributed by atoms with van der Waals surface area (Å²) in [5.41, 5.74) is -0.777. The molecule has 3 nitrogen and oxygen atoms in total. The number of carboxylic acids is 1. The number of hydrogen-bond acceptors (Lipinski definition) is 1. The molecule has 0 aliphatic rings. The normalized spacial score (nSPS) is 11.7. The molecular weight excluding hydrogens is 409 g/mol. The first-order valence-electron chi connectivity index (χ1n) is 5.18. The van der Waals surface area contributed by atoms with E-state index in [0.717, 1.165) is 18.2 Å². The third-order valence-corrected chi connectivity index (χ3v) is 3.43. The maximum atomic E-state index is 12.6.